The molecule has 0 aliphatic carbocycles. The first-order valence-corrected chi connectivity index (χ1v) is 10.8. The summed E-state index contributed by atoms with van der Waals surface area (Å²) in [4.78, 5) is 20.3. The molecular formula is C25H26N4O2. The number of rotatable bonds is 4. The Bertz CT molecular complexity index is 1140. The number of nitrogens with zero attached hydrogens (tertiary/aromatic N) is 4. The first kappa shape index (κ1) is 19.5. The van der Waals surface area contributed by atoms with E-state index in [1.807, 2.05) is 31.2 Å². The number of anilines is 1. The molecule has 0 saturated carbocycles. The zero-order chi connectivity index (χ0) is 21.4. The highest BCUT2D eigenvalue weighted by Gasteiger charge is 2.33. The molecule has 4 heterocycles. The average molecular weight is 415 g/mol. The summed E-state index contributed by atoms with van der Waals surface area (Å²) in [6.07, 6.45) is 5.99. The van der Waals surface area contributed by atoms with Gasteiger partial charge in [-0.2, -0.15) is 9.78 Å². The number of allylic oxidation sites excluding steroid dienone is 2. The molecule has 1 aromatic carbocycles. The molecule has 3 aromatic rings. The van der Waals surface area contributed by atoms with E-state index in [2.05, 4.69) is 22.0 Å². The third-order valence-electron chi connectivity index (χ3n) is 6.17. The summed E-state index contributed by atoms with van der Waals surface area (Å²) in [6, 6.07) is 13.9. The third kappa shape index (κ3) is 3.42. The van der Waals surface area contributed by atoms with E-state index in [-0.39, 0.29) is 5.91 Å². The van der Waals surface area contributed by atoms with Gasteiger partial charge >= 0.3 is 0 Å². The summed E-state index contributed by atoms with van der Waals surface area (Å²) in [6.45, 7) is 4.05. The summed E-state index contributed by atoms with van der Waals surface area (Å²) in [5.74, 6) is 0.440. The highest BCUT2D eigenvalue weighted by molar-refractivity contribution is 6.22. The Balaban J connectivity index is 1.63. The predicted molar refractivity (Wildman–Crippen MR) is 121 cm³/mol. The molecule has 0 bridgehead atoms. The zero-order valence-corrected chi connectivity index (χ0v) is 18.0. The van der Waals surface area contributed by atoms with Crippen LogP contribution in [-0.2, 0) is 6.42 Å². The van der Waals surface area contributed by atoms with E-state index in [1.54, 1.807) is 24.1 Å². The van der Waals surface area contributed by atoms with Crippen LogP contribution in [0.2, 0.25) is 0 Å². The molecule has 1 saturated heterocycles. The van der Waals surface area contributed by atoms with E-state index in [1.165, 1.54) is 19.3 Å². The molecule has 2 aliphatic rings. The van der Waals surface area contributed by atoms with E-state index in [0.29, 0.717) is 17.9 Å². The number of benzene rings is 1. The molecule has 5 rings (SSSR count). The van der Waals surface area contributed by atoms with Crippen molar-refractivity contribution in [2.45, 2.75) is 32.6 Å². The lowest BCUT2D eigenvalue weighted by atomic mass is 9.94. The highest BCUT2D eigenvalue weighted by atomic mass is 16.5. The van der Waals surface area contributed by atoms with Crippen molar-refractivity contribution in [2.75, 3.05) is 25.1 Å². The van der Waals surface area contributed by atoms with Gasteiger partial charge in [-0.15, -0.1) is 0 Å². The maximum atomic E-state index is 13.6. The average Bonchev–Trinajstić information content (AvgIpc) is 3.20. The van der Waals surface area contributed by atoms with Gasteiger partial charge in [0.05, 0.1) is 18.5 Å². The Morgan fingerprint density at radius 3 is 2.42 bits per heavy atom. The van der Waals surface area contributed by atoms with Crippen LogP contribution in [0, 0.1) is 0 Å². The van der Waals surface area contributed by atoms with E-state index in [4.69, 9.17) is 9.84 Å². The molecule has 0 N–H and O–H groups in total. The van der Waals surface area contributed by atoms with Gasteiger partial charge in [0.1, 0.15) is 5.69 Å². The Hall–Kier alpha value is -3.41. The maximum absolute atomic E-state index is 13.6. The number of methoxy groups -OCH3 is 1. The van der Waals surface area contributed by atoms with Crippen molar-refractivity contribution in [3.8, 4) is 17.1 Å². The minimum atomic E-state index is -0.0915. The lowest BCUT2D eigenvalue weighted by Gasteiger charge is -2.30. The van der Waals surface area contributed by atoms with E-state index in [9.17, 15) is 4.79 Å². The van der Waals surface area contributed by atoms with Crippen LogP contribution in [0.15, 0.2) is 54.2 Å². The quantitative estimate of drug-likeness (QED) is 0.624. The molecule has 0 radical (unpaired) electrons. The molecule has 0 unspecified atom stereocenters. The lowest BCUT2D eigenvalue weighted by molar-refractivity contribution is 0.0958. The second kappa shape index (κ2) is 8.02. The van der Waals surface area contributed by atoms with Crippen molar-refractivity contribution in [3.63, 3.8) is 0 Å². The van der Waals surface area contributed by atoms with Crippen LogP contribution in [-0.4, -0.2) is 40.9 Å². The number of pyridine rings is 1. The topological polar surface area (TPSA) is 60.2 Å². The largest absolute Gasteiger partial charge is 0.481 e. The van der Waals surface area contributed by atoms with Crippen molar-refractivity contribution < 1.29 is 9.53 Å². The minimum absolute atomic E-state index is 0.0915. The number of aromatic nitrogens is 3. The second-order valence-corrected chi connectivity index (χ2v) is 8.20. The summed E-state index contributed by atoms with van der Waals surface area (Å²) >= 11 is 0. The lowest BCUT2D eigenvalue weighted by Crippen LogP contribution is -2.31. The van der Waals surface area contributed by atoms with Crippen molar-refractivity contribution in [2.24, 2.45) is 0 Å². The van der Waals surface area contributed by atoms with Crippen LogP contribution in [0.25, 0.3) is 16.8 Å². The molecular weight excluding hydrogens is 388 g/mol. The van der Waals surface area contributed by atoms with Crippen LogP contribution in [0.3, 0.4) is 0 Å². The first-order valence-electron chi connectivity index (χ1n) is 10.8. The Kier molecular flexibility index (Phi) is 5.06. The molecule has 158 valence electrons. The zero-order valence-electron chi connectivity index (χ0n) is 18.0. The summed E-state index contributed by atoms with van der Waals surface area (Å²) in [5.41, 5.74) is 6.57. The summed E-state index contributed by atoms with van der Waals surface area (Å²) in [7, 11) is 1.58. The molecule has 1 fully saturated rings. The summed E-state index contributed by atoms with van der Waals surface area (Å²) < 4.78 is 6.79. The van der Waals surface area contributed by atoms with E-state index >= 15 is 0 Å². The fourth-order valence-corrected chi connectivity index (χ4v) is 4.66. The molecule has 0 amide bonds. The molecule has 6 heteroatoms. The van der Waals surface area contributed by atoms with Gasteiger partial charge < -0.3 is 9.64 Å². The SMILES string of the molecule is COc1ccc(C2=C(C)Cc3c(N4CCCCC4)c(-c4ccccc4)nn3C2=O)cn1. The molecule has 2 aliphatic heterocycles. The van der Waals surface area contributed by atoms with Crippen LogP contribution in [0.1, 0.15) is 42.2 Å². The number of carbonyl (C=O) groups is 1. The van der Waals surface area contributed by atoms with Gasteiger partial charge in [-0.3, -0.25) is 4.79 Å². The van der Waals surface area contributed by atoms with Gasteiger partial charge in [0.2, 0.25) is 5.88 Å². The Labute approximate surface area is 182 Å². The van der Waals surface area contributed by atoms with Crippen molar-refractivity contribution in [1.29, 1.82) is 0 Å². The number of hydrogen-bond donors (Lipinski definition) is 0. The van der Waals surface area contributed by atoms with E-state index in [0.717, 1.165) is 46.9 Å². The number of fused-ring (bicyclic) bond motifs is 1. The second-order valence-electron chi connectivity index (χ2n) is 8.20. The predicted octanol–water partition coefficient (Wildman–Crippen LogP) is 4.61. The third-order valence-corrected chi connectivity index (χ3v) is 6.17. The smallest absolute Gasteiger partial charge is 0.279 e. The Morgan fingerprint density at radius 1 is 0.968 bits per heavy atom. The highest BCUT2D eigenvalue weighted by Crippen LogP contribution is 2.40. The fourth-order valence-electron chi connectivity index (χ4n) is 4.66. The van der Waals surface area contributed by atoms with Gasteiger partial charge in [-0.1, -0.05) is 35.9 Å². The molecule has 2 aromatic heterocycles. The molecule has 0 spiro atoms. The number of ether oxygens (including phenoxy) is 1. The van der Waals surface area contributed by atoms with Crippen LogP contribution in [0.4, 0.5) is 5.69 Å². The van der Waals surface area contributed by atoms with Gasteiger partial charge in [0, 0.05) is 48.5 Å². The minimum Gasteiger partial charge on any atom is -0.481 e. The fraction of sp³-hybridized carbons (Fsp3) is 0.320. The monoisotopic (exact) mass is 414 g/mol. The molecule has 0 atom stereocenters. The van der Waals surface area contributed by atoms with Crippen molar-refractivity contribution >= 4 is 17.2 Å². The van der Waals surface area contributed by atoms with Gasteiger partial charge in [0.15, 0.2) is 0 Å². The van der Waals surface area contributed by atoms with Crippen LogP contribution >= 0.6 is 0 Å². The van der Waals surface area contributed by atoms with Gasteiger partial charge in [-0.25, -0.2) is 4.98 Å². The van der Waals surface area contributed by atoms with Crippen molar-refractivity contribution in [1.82, 2.24) is 14.8 Å². The van der Waals surface area contributed by atoms with Crippen molar-refractivity contribution in [3.05, 3.63) is 65.5 Å². The maximum Gasteiger partial charge on any atom is 0.279 e. The van der Waals surface area contributed by atoms with Crippen LogP contribution < -0.4 is 9.64 Å². The first-order chi connectivity index (χ1) is 15.2. The van der Waals surface area contributed by atoms with Gasteiger partial charge in [-0.05, 0) is 32.3 Å². The number of piperidine rings is 1. The van der Waals surface area contributed by atoms with Crippen LogP contribution in [0.5, 0.6) is 5.88 Å². The number of carbonyl (C=O) groups excluding carboxylic acids is 1. The van der Waals surface area contributed by atoms with E-state index < -0.39 is 0 Å². The van der Waals surface area contributed by atoms with Gasteiger partial charge in [0.25, 0.3) is 5.91 Å². The Morgan fingerprint density at radius 2 is 1.74 bits per heavy atom. The summed E-state index contributed by atoms with van der Waals surface area (Å²) in [5, 5.41) is 4.87. The molecule has 31 heavy (non-hydrogen) atoms. The number of hydrogen-bond acceptors (Lipinski definition) is 5. The normalized spacial score (nSPS) is 16.5. The standard InChI is InChI=1S/C25H26N4O2/c1-17-15-20-24(28-13-7-4-8-14-28)23(18-9-5-3-6-10-18)27-29(20)25(30)22(17)19-11-12-21(31-2)26-16-19/h3,5-6,9-12,16H,4,7-8,13-15H2,1-2H3. The molecule has 6 nitrogen and oxygen atoms in total.